The lowest BCUT2D eigenvalue weighted by atomic mass is 10.0. The Morgan fingerprint density at radius 3 is 2.20 bits per heavy atom. The molecule has 0 aliphatic heterocycles. The number of aryl methyl sites for hydroxylation is 2. The number of aliphatic hydroxyl groups is 1. The maximum atomic E-state index is 12.4. The number of hydrogen-bond donors (Lipinski definition) is 3. The molecular formula is C12H19NO6S. The zero-order valence-electron chi connectivity index (χ0n) is 12.0. The maximum absolute atomic E-state index is 12.4. The molecule has 3 N–H and O–H groups in total. The Kier molecular flexibility index (Phi) is 4.33. The Morgan fingerprint density at radius 2 is 1.80 bits per heavy atom. The molecule has 1 aromatic rings. The van der Waals surface area contributed by atoms with E-state index >= 15 is 0 Å². The molecule has 7 nitrogen and oxygen atoms in total. The summed E-state index contributed by atoms with van der Waals surface area (Å²) >= 11 is 0. The van der Waals surface area contributed by atoms with E-state index in [2.05, 4.69) is 4.72 Å². The normalized spacial score (nSPS) is 14.3. The van der Waals surface area contributed by atoms with E-state index < -0.39 is 38.1 Å². The SMILES string of the molecule is Cc1oc(C)c(S(=O)(=O)NC(C)(C)C(C)O)c1C(=O)O. The third kappa shape index (κ3) is 3.02. The second-order valence-corrected chi connectivity index (χ2v) is 6.85. The summed E-state index contributed by atoms with van der Waals surface area (Å²) in [6.07, 6.45) is -0.959. The average Bonchev–Trinajstić information content (AvgIpc) is 2.52. The quantitative estimate of drug-likeness (QED) is 0.748. The van der Waals surface area contributed by atoms with Gasteiger partial charge in [0.15, 0.2) is 0 Å². The summed E-state index contributed by atoms with van der Waals surface area (Å²) in [7, 11) is -4.13. The van der Waals surface area contributed by atoms with Crippen molar-refractivity contribution in [3.63, 3.8) is 0 Å². The first kappa shape index (κ1) is 16.7. The number of carboxylic acid groups (broad SMARTS) is 1. The highest BCUT2D eigenvalue weighted by Gasteiger charge is 2.36. The van der Waals surface area contributed by atoms with E-state index in [9.17, 15) is 18.3 Å². The van der Waals surface area contributed by atoms with Crippen molar-refractivity contribution in [3.05, 3.63) is 17.1 Å². The molecule has 1 rings (SSSR count). The molecule has 0 aromatic carbocycles. The van der Waals surface area contributed by atoms with Crippen LogP contribution in [-0.2, 0) is 10.0 Å². The number of hydrogen-bond acceptors (Lipinski definition) is 5. The molecule has 0 fully saturated rings. The van der Waals surface area contributed by atoms with Crippen molar-refractivity contribution in [2.24, 2.45) is 0 Å². The standard InChI is InChI=1S/C12H19NO6S/c1-6-9(11(15)16)10(7(2)19-6)20(17,18)13-12(4,5)8(3)14/h8,13-14H,1-5H3,(H,15,16). The van der Waals surface area contributed by atoms with Gasteiger partial charge in [-0.1, -0.05) is 0 Å². The topological polar surface area (TPSA) is 117 Å². The van der Waals surface area contributed by atoms with E-state index in [1.807, 2.05) is 0 Å². The fraction of sp³-hybridized carbons (Fsp3) is 0.583. The Morgan fingerprint density at radius 1 is 1.30 bits per heavy atom. The molecule has 0 saturated carbocycles. The Hall–Kier alpha value is -1.38. The van der Waals surface area contributed by atoms with Crippen molar-refractivity contribution >= 4 is 16.0 Å². The molecule has 1 unspecified atom stereocenters. The summed E-state index contributed by atoms with van der Waals surface area (Å²) in [6.45, 7) is 7.20. The van der Waals surface area contributed by atoms with Crippen LogP contribution in [0.15, 0.2) is 9.31 Å². The zero-order valence-corrected chi connectivity index (χ0v) is 12.8. The van der Waals surface area contributed by atoms with E-state index in [0.717, 1.165) is 0 Å². The molecule has 8 heteroatoms. The maximum Gasteiger partial charge on any atom is 0.340 e. The lowest BCUT2D eigenvalue weighted by Gasteiger charge is -2.28. The van der Waals surface area contributed by atoms with E-state index in [1.54, 1.807) is 0 Å². The molecule has 0 spiro atoms. The third-order valence-electron chi connectivity index (χ3n) is 3.13. The van der Waals surface area contributed by atoms with Crippen molar-refractivity contribution in [3.8, 4) is 0 Å². The highest BCUT2D eigenvalue weighted by Crippen LogP contribution is 2.27. The van der Waals surface area contributed by atoms with E-state index in [1.165, 1.54) is 34.6 Å². The highest BCUT2D eigenvalue weighted by atomic mass is 32.2. The summed E-state index contributed by atoms with van der Waals surface area (Å²) in [5.74, 6) is -1.37. The van der Waals surface area contributed by atoms with Gasteiger partial charge in [-0.3, -0.25) is 0 Å². The number of aromatic carboxylic acids is 1. The smallest absolute Gasteiger partial charge is 0.340 e. The number of rotatable bonds is 5. The zero-order chi connectivity index (χ0) is 15.9. The molecule has 0 radical (unpaired) electrons. The van der Waals surface area contributed by atoms with Gasteiger partial charge in [0, 0.05) is 0 Å². The number of aliphatic hydroxyl groups excluding tert-OH is 1. The van der Waals surface area contributed by atoms with Crippen LogP contribution in [0.3, 0.4) is 0 Å². The number of nitrogens with one attached hydrogen (secondary N) is 1. The van der Waals surface area contributed by atoms with Crippen molar-refractivity contribution in [1.29, 1.82) is 0 Å². The molecule has 0 bridgehead atoms. The van der Waals surface area contributed by atoms with Crippen LogP contribution in [0.2, 0.25) is 0 Å². The van der Waals surface area contributed by atoms with Gasteiger partial charge in [0.25, 0.3) is 0 Å². The number of carbonyl (C=O) groups is 1. The van der Waals surface area contributed by atoms with Crippen LogP contribution in [0, 0.1) is 13.8 Å². The van der Waals surface area contributed by atoms with Crippen LogP contribution < -0.4 is 4.72 Å². The molecule has 0 amide bonds. The minimum Gasteiger partial charge on any atom is -0.478 e. The van der Waals surface area contributed by atoms with Crippen LogP contribution in [-0.4, -0.2) is 36.2 Å². The first-order chi connectivity index (χ1) is 8.90. The highest BCUT2D eigenvalue weighted by molar-refractivity contribution is 7.89. The molecule has 1 heterocycles. The van der Waals surface area contributed by atoms with Crippen molar-refractivity contribution < 1.29 is 27.8 Å². The van der Waals surface area contributed by atoms with Gasteiger partial charge < -0.3 is 14.6 Å². The molecule has 0 aliphatic rings. The molecule has 114 valence electrons. The van der Waals surface area contributed by atoms with Crippen LogP contribution in [0.4, 0.5) is 0 Å². The summed E-state index contributed by atoms with van der Waals surface area (Å²) in [5.41, 5.74) is -1.54. The fourth-order valence-corrected chi connectivity index (χ4v) is 3.60. The van der Waals surface area contributed by atoms with Crippen molar-refractivity contribution in [2.45, 2.75) is 51.2 Å². The summed E-state index contributed by atoms with van der Waals surface area (Å²) < 4.78 is 32.1. The Balaban J connectivity index is 3.41. The molecular weight excluding hydrogens is 286 g/mol. The lowest BCUT2D eigenvalue weighted by molar-refractivity contribution is 0.0691. The monoisotopic (exact) mass is 305 g/mol. The van der Waals surface area contributed by atoms with Crippen molar-refractivity contribution in [1.82, 2.24) is 4.72 Å². The molecule has 0 aliphatic carbocycles. The molecule has 0 saturated heterocycles. The molecule has 1 atom stereocenters. The molecule has 1 aromatic heterocycles. The van der Waals surface area contributed by atoms with Gasteiger partial charge in [-0.15, -0.1) is 0 Å². The van der Waals surface area contributed by atoms with E-state index in [0.29, 0.717) is 0 Å². The lowest BCUT2D eigenvalue weighted by Crippen LogP contribution is -2.51. The Labute approximate surface area is 117 Å². The molecule has 20 heavy (non-hydrogen) atoms. The average molecular weight is 305 g/mol. The second-order valence-electron chi connectivity index (χ2n) is 5.23. The minimum absolute atomic E-state index is 0.00575. The number of carboxylic acids is 1. The largest absolute Gasteiger partial charge is 0.478 e. The van der Waals surface area contributed by atoms with Crippen LogP contribution in [0.25, 0.3) is 0 Å². The second kappa shape index (κ2) is 5.19. The fourth-order valence-electron chi connectivity index (χ4n) is 1.72. The van der Waals surface area contributed by atoms with Crippen LogP contribution in [0.5, 0.6) is 0 Å². The van der Waals surface area contributed by atoms with Gasteiger partial charge in [-0.2, -0.15) is 0 Å². The number of furan rings is 1. The van der Waals surface area contributed by atoms with Gasteiger partial charge >= 0.3 is 5.97 Å². The van der Waals surface area contributed by atoms with Crippen LogP contribution >= 0.6 is 0 Å². The summed E-state index contributed by atoms with van der Waals surface area (Å²) in [6, 6.07) is 0. The minimum atomic E-state index is -4.13. The first-order valence-corrected chi connectivity index (χ1v) is 7.43. The van der Waals surface area contributed by atoms with Crippen LogP contribution in [0.1, 0.15) is 42.6 Å². The summed E-state index contributed by atoms with van der Waals surface area (Å²) in [5, 5.41) is 18.7. The van der Waals surface area contributed by atoms with Gasteiger partial charge in [0.2, 0.25) is 10.0 Å². The van der Waals surface area contributed by atoms with E-state index in [-0.39, 0.29) is 11.5 Å². The first-order valence-electron chi connectivity index (χ1n) is 5.95. The van der Waals surface area contributed by atoms with E-state index in [4.69, 9.17) is 9.52 Å². The van der Waals surface area contributed by atoms with Gasteiger partial charge in [-0.25, -0.2) is 17.9 Å². The van der Waals surface area contributed by atoms with Gasteiger partial charge in [-0.05, 0) is 34.6 Å². The Bertz CT molecular complexity index is 627. The van der Waals surface area contributed by atoms with Crippen molar-refractivity contribution in [2.75, 3.05) is 0 Å². The van der Waals surface area contributed by atoms with Gasteiger partial charge in [0.1, 0.15) is 22.0 Å². The third-order valence-corrected chi connectivity index (χ3v) is 4.95. The summed E-state index contributed by atoms with van der Waals surface area (Å²) in [4.78, 5) is 10.8. The predicted molar refractivity (Wildman–Crippen MR) is 71.2 cm³/mol. The predicted octanol–water partition coefficient (Wildman–Crippen LogP) is 1.03. The van der Waals surface area contributed by atoms with Gasteiger partial charge in [0.05, 0.1) is 11.6 Å². The number of sulfonamides is 1.